The van der Waals surface area contributed by atoms with E-state index in [-0.39, 0.29) is 0 Å². The van der Waals surface area contributed by atoms with Crippen molar-refractivity contribution in [3.05, 3.63) is 26.3 Å². The largest absolute Gasteiger partial charge is 0.462 e. The number of nitrogens with two attached hydrogens (primary N) is 1. The second-order valence-electron chi connectivity index (χ2n) is 2.58. The SMILES string of the molecule is CCOC(=O)c1cc(Cl)cc(N)c1I. The number of esters is 1. The van der Waals surface area contributed by atoms with Crippen LogP contribution in [0.25, 0.3) is 0 Å². The topological polar surface area (TPSA) is 52.3 Å². The third kappa shape index (κ3) is 2.51. The summed E-state index contributed by atoms with van der Waals surface area (Å²) in [5.41, 5.74) is 6.56. The molecule has 0 saturated carbocycles. The molecule has 1 rings (SSSR count). The highest BCUT2D eigenvalue weighted by molar-refractivity contribution is 14.1. The number of hydrogen-bond donors (Lipinski definition) is 1. The van der Waals surface area contributed by atoms with Crippen molar-refractivity contribution in [2.24, 2.45) is 0 Å². The molecule has 0 amide bonds. The summed E-state index contributed by atoms with van der Waals surface area (Å²) in [7, 11) is 0. The summed E-state index contributed by atoms with van der Waals surface area (Å²) < 4.78 is 5.53. The minimum atomic E-state index is -0.397. The molecular formula is C9H9ClINO2. The van der Waals surface area contributed by atoms with Crippen LogP contribution >= 0.6 is 34.2 Å². The van der Waals surface area contributed by atoms with Crippen molar-refractivity contribution in [2.45, 2.75) is 6.92 Å². The molecule has 1 aromatic rings. The molecule has 0 aliphatic heterocycles. The van der Waals surface area contributed by atoms with Crippen LogP contribution < -0.4 is 5.73 Å². The fraction of sp³-hybridized carbons (Fsp3) is 0.222. The molecule has 3 nitrogen and oxygen atoms in total. The quantitative estimate of drug-likeness (QED) is 0.517. The monoisotopic (exact) mass is 325 g/mol. The second kappa shape index (κ2) is 4.84. The highest BCUT2D eigenvalue weighted by Crippen LogP contribution is 2.25. The van der Waals surface area contributed by atoms with E-state index in [0.29, 0.717) is 26.5 Å². The van der Waals surface area contributed by atoms with Crippen LogP contribution in [0.2, 0.25) is 5.02 Å². The van der Waals surface area contributed by atoms with Crippen molar-refractivity contribution in [2.75, 3.05) is 12.3 Å². The molecule has 0 aliphatic rings. The molecule has 0 unspecified atom stereocenters. The van der Waals surface area contributed by atoms with Crippen LogP contribution in [-0.4, -0.2) is 12.6 Å². The molecule has 0 aromatic heterocycles. The van der Waals surface area contributed by atoms with Gasteiger partial charge >= 0.3 is 5.97 Å². The zero-order chi connectivity index (χ0) is 10.7. The molecule has 0 bridgehead atoms. The summed E-state index contributed by atoms with van der Waals surface area (Å²) in [6.07, 6.45) is 0. The van der Waals surface area contributed by atoms with Crippen LogP contribution in [0.3, 0.4) is 0 Å². The van der Waals surface area contributed by atoms with Gasteiger partial charge in [0.1, 0.15) is 0 Å². The number of halogens is 2. The van der Waals surface area contributed by atoms with Gasteiger partial charge < -0.3 is 10.5 Å². The summed E-state index contributed by atoms with van der Waals surface area (Å²) >= 11 is 7.77. The van der Waals surface area contributed by atoms with Gasteiger partial charge in [-0.3, -0.25) is 0 Å². The first kappa shape index (κ1) is 11.6. The molecule has 1 aromatic carbocycles. The molecule has 5 heteroatoms. The van der Waals surface area contributed by atoms with Gasteiger partial charge in [-0.15, -0.1) is 0 Å². The fourth-order valence-corrected chi connectivity index (χ4v) is 1.73. The Bertz CT molecular complexity index is 368. The number of carbonyl (C=O) groups excluding carboxylic acids is 1. The van der Waals surface area contributed by atoms with Crippen molar-refractivity contribution in [3.63, 3.8) is 0 Å². The van der Waals surface area contributed by atoms with Gasteiger partial charge in [-0.05, 0) is 41.6 Å². The maximum atomic E-state index is 11.4. The zero-order valence-electron chi connectivity index (χ0n) is 7.51. The lowest BCUT2D eigenvalue weighted by atomic mass is 10.2. The molecule has 2 N–H and O–H groups in total. The first-order valence-electron chi connectivity index (χ1n) is 3.98. The molecule has 0 spiro atoms. The van der Waals surface area contributed by atoms with Crippen molar-refractivity contribution in [1.82, 2.24) is 0 Å². The smallest absolute Gasteiger partial charge is 0.339 e. The molecule has 0 radical (unpaired) electrons. The Morgan fingerprint density at radius 2 is 2.29 bits per heavy atom. The van der Waals surface area contributed by atoms with Crippen molar-refractivity contribution < 1.29 is 9.53 Å². The van der Waals surface area contributed by atoms with E-state index in [4.69, 9.17) is 22.1 Å². The van der Waals surface area contributed by atoms with E-state index in [2.05, 4.69) is 0 Å². The standard InChI is InChI=1S/C9H9ClINO2/c1-2-14-9(13)6-3-5(10)4-7(12)8(6)11/h3-4H,2,12H2,1H3. The van der Waals surface area contributed by atoms with E-state index >= 15 is 0 Å². The average Bonchev–Trinajstić information content (AvgIpc) is 2.11. The molecule has 0 aliphatic carbocycles. The molecule has 0 heterocycles. The summed E-state index contributed by atoms with van der Waals surface area (Å²) in [5, 5.41) is 0.436. The van der Waals surface area contributed by atoms with Crippen LogP contribution in [0.15, 0.2) is 12.1 Å². The zero-order valence-corrected chi connectivity index (χ0v) is 10.4. The van der Waals surface area contributed by atoms with E-state index in [9.17, 15) is 4.79 Å². The van der Waals surface area contributed by atoms with Crippen LogP contribution in [0.4, 0.5) is 5.69 Å². The number of rotatable bonds is 2. The fourth-order valence-electron chi connectivity index (χ4n) is 0.968. The summed E-state index contributed by atoms with van der Waals surface area (Å²) in [5.74, 6) is -0.397. The number of anilines is 1. The Hall–Kier alpha value is -0.490. The third-order valence-electron chi connectivity index (χ3n) is 1.56. The highest BCUT2D eigenvalue weighted by Gasteiger charge is 2.14. The van der Waals surface area contributed by atoms with Gasteiger partial charge in [-0.2, -0.15) is 0 Å². The number of hydrogen-bond acceptors (Lipinski definition) is 3. The van der Waals surface area contributed by atoms with Crippen molar-refractivity contribution in [1.29, 1.82) is 0 Å². The second-order valence-corrected chi connectivity index (χ2v) is 4.09. The number of carbonyl (C=O) groups is 1. The maximum Gasteiger partial charge on any atom is 0.339 e. The number of nitrogen functional groups attached to an aromatic ring is 1. The van der Waals surface area contributed by atoms with Crippen LogP contribution in [0.5, 0.6) is 0 Å². The lowest BCUT2D eigenvalue weighted by molar-refractivity contribution is 0.0525. The minimum Gasteiger partial charge on any atom is -0.462 e. The normalized spacial score (nSPS) is 9.93. The van der Waals surface area contributed by atoms with Crippen LogP contribution in [0, 0.1) is 3.57 Å². The van der Waals surface area contributed by atoms with Gasteiger partial charge in [0.25, 0.3) is 0 Å². The first-order chi connectivity index (χ1) is 6.56. The third-order valence-corrected chi connectivity index (χ3v) is 2.98. The molecule has 0 atom stereocenters. The van der Waals surface area contributed by atoms with E-state index in [0.717, 1.165) is 0 Å². The summed E-state index contributed by atoms with van der Waals surface area (Å²) in [4.78, 5) is 11.4. The van der Waals surface area contributed by atoms with Crippen molar-refractivity contribution in [3.8, 4) is 0 Å². The number of ether oxygens (including phenoxy) is 1. The van der Waals surface area contributed by atoms with E-state index < -0.39 is 5.97 Å². The molecule has 0 fully saturated rings. The molecule has 76 valence electrons. The van der Waals surface area contributed by atoms with Gasteiger partial charge in [0.05, 0.1) is 15.7 Å². The van der Waals surface area contributed by atoms with Gasteiger partial charge in [0.15, 0.2) is 0 Å². The molecular weight excluding hydrogens is 316 g/mol. The predicted octanol–water partition coefficient (Wildman–Crippen LogP) is 2.70. The van der Waals surface area contributed by atoms with Crippen LogP contribution in [-0.2, 0) is 4.74 Å². The Morgan fingerprint density at radius 3 is 2.86 bits per heavy atom. The molecule has 14 heavy (non-hydrogen) atoms. The lowest BCUT2D eigenvalue weighted by Gasteiger charge is -2.06. The maximum absolute atomic E-state index is 11.4. The van der Waals surface area contributed by atoms with Crippen molar-refractivity contribution >= 4 is 45.8 Å². The van der Waals surface area contributed by atoms with E-state index in [1.165, 1.54) is 0 Å². The Morgan fingerprint density at radius 1 is 1.64 bits per heavy atom. The average molecular weight is 326 g/mol. The lowest BCUT2D eigenvalue weighted by Crippen LogP contribution is -2.08. The summed E-state index contributed by atoms with van der Waals surface area (Å²) in [6.45, 7) is 2.08. The predicted molar refractivity (Wildman–Crippen MR) is 64.5 cm³/mol. The Kier molecular flexibility index (Phi) is 4.00. The van der Waals surface area contributed by atoms with E-state index in [1.54, 1.807) is 19.1 Å². The van der Waals surface area contributed by atoms with Gasteiger partial charge in [0, 0.05) is 10.7 Å². The van der Waals surface area contributed by atoms with Crippen LogP contribution in [0.1, 0.15) is 17.3 Å². The first-order valence-corrected chi connectivity index (χ1v) is 5.43. The van der Waals surface area contributed by atoms with Gasteiger partial charge in [-0.25, -0.2) is 4.79 Å². The highest BCUT2D eigenvalue weighted by atomic mass is 127. The molecule has 0 saturated heterocycles. The Labute approximate surface area is 101 Å². The van der Waals surface area contributed by atoms with Gasteiger partial charge in [0.2, 0.25) is 0 Å². The Balaban J connectivity index is 3.13. The van der Waals surface area contributed by atoms with E-state index in [1.807, 2.05) is 22.6 Å². The van der Waals surface area contributed by atoms with Gasteiger partial charge in [-0.1, -0.05) is 11.6 Å². The minimum absolute atomic E-state index is 0.335. The summed E-state index contributed by atoms with van der Waals surface area (Å²) in [6, 6.07) is 3.16. The number of benzene rings is 1.